The van der Waals surface area contributed by atoms with E-state index in [9.17, 15) is 4.79 Å². The molecule has 0 saturated carbocycles. The quantitative estimate of drug-likeness (QED) is 0.476. The summed E-state index contributed by atoms with van der Waals surface area (Å²) >= 11 is 6.25. The van der Waals surface area contributed by atoms with Gasteiger partial charge in [0.15, 0.2) is 0 Å². The number of benzene rings is 2. The first kappa shape index (κ1) is 21.9. The molecule has 0 fully saturated rings. The number of aromatic nitrogens is 3. The molecule has 1 aromatic heterocycles. The predicted molar refractivity (Wildman–Crippen MR) is 123 cm³/mol. The Hall–Kier alpha value is -3.32. The zero-order valence-corrected chi connectivity index (χ0v) is 18.8. The van der Waals surface area contributed by atoms with Crippen LogP contribution in [0, 0.1) is 0 Å². The van der Waals surface area contributed by atoms with Gasteiger partial charge in [0.1, 0.15) is 24.7 Å². The number of anilines is 1. The fourth-order valence-corrected chi connectivity index (χ4v) is 3.96. The van der Waals surface area contributed by atoms with E-state index >= 15 is 0 Å². The van der Waals surface area contributed by atoms with Crippen LogP contribution in [0.5, 0.6) is 5.75 Å². The van der Waals surface area contributed by atoms with Crippen molar-refractivity contribution in [2.75, 3.05) is 11.9 Å². The Balaban J connectivity index is 1.70. The molecule has 0 aliphatic carbocycles. The number of esters is 1. The zero-order chi connectivity index (χ0) is 22.5. The molecule has 3 aromatic rings. The van der Waals surface area contributed by atoms with Crippen LogP contribution in [0.2, 0.25) is 5.02 Å². The molecular formula is C24H25ClN4O3. The molecule has 0 amide bonds. The molecular weight excluding hydrogens is 428 g/mol. The van der Waals surface area contributed by atoms with E-state index in [4.69, 9.17) is 21.1 Å². The summed E-state index contributed by atoms with van der Waals surface area (Å²) in [7, 11) is 0. The minimum atomic E-state index is -0.474. The van der Waals surface area contributed by atoms with E-state index in [1.54, 1.807) is 11.6 Å². The molecule has 1 N–H and O–H groups in total. The SMILES string of the molecule is CCCC1=C(C(=O)OCC)[C@@H](c2cccc(OCc3ccccc3Cl)c2)n2ncnc2N1. The average molecular weight is 453 g/mol. The average Bonchev–Trinajstić information content (AvgIpc) is 3.26. The topological polar surface area (TPSA) is 78.3 Å². The second kappa shape index (κ2) is 9.87. The molecule has 0 radical (unpaired) electrons. The first-order chi connectivity index (χ1) is 15.6. The summed E-state index contributed by atoms with van der Waals surface area (Å²) in [6.07, 6.45) is 3.04. The third kappa shape index (κ3) is 4.48. The molecule has 4 rings (SSSR count). The van der Waals surface area contributed by atoms with Gasteiger partial charge in [-0.3, -0.25) is 0 Å². The number of hydrogen-bond acceptors (Lipinski definition) is 6. The van der Waals surface area contributed by atoms with E-state index in [2.05, 4.69) is 22.3 Å². The molecule has 0 spiro atoms. The fraction of sp³-hybridized carbons (Fsp3) is 0.292. The lowest BCUT2D eigenvalue weighted by atomic mass is 9.94. The fourth-order valence-electron chi connectivity index (χ4n) is 3.77. The van der Waals surface area contributed by atoms with Crippen LogP contribution in [0.25, 0.3) is 0 Å². The zero-order valence-electron chi connectivity index (χ0n) is 18.0. The minimum Gasteiger partial charge on any atom is -0.489 e. The Kier molecular flexibility index (Phi) is 6.75. The lowest BCUT2D eigenvalue weighted by Crippen LogP contribution is -2.30. The molecule has 0 bridgehead atoms. The van der Waals surface area contributed by atoms with Gasteiger partial charge in [0.05, 0.1) is 12.2 Å². The predicted octanol–water partition coefficient (Wildman–Crippen LogP) is 5.14. The van der Waals surface area contributed by atoms with Crippen LogP contribution in [-0.2, 0) is 16.1 Å². The molecule has 2 heterocycles. The Morgan fingerprint density at radius 3 is 2.81 bits per heavy atom. The number of carbonyl (C=O) groups excluding carboxylic acids is 1. The second-order valence-electron chi connectivity index (χ2n) is 7.37. The van der Waals surface area contributed by atoms with Crippen molar-refractivity contribution >= 4 is 23.5 Å². The molecule has 2 aromatic carbocycles. The van der Waals surface area contributed by atoms with Crippen molar-refractivity contribution in [2.24, 2.45) is 0 Å². The molecule has 1 aliphatic rings. The Morgan fingerprint density at radius 1 is 1.19 bits per heavy atom. The summed E-state index contributed by atoms with van der Waals surface area (Å²) in [5.41, 5.74) is 3.10. The third-order valence-electron chi connectivity index (χ3n) is 5.20. The van der Waals surface area contributed by atoms with E-state index in [-0.39, 0.29) is 5.97 Å². The van der Waals surface area contributed by atoms with Crippen molar-refractivity contribution in [3.05, 3.63) is 82.3 Å². The number of carbonyl (C=O) groups is 1. The van der Waals surface area contributed by atoms with Crippen molar-refractivity contribution in [1.29, 1.82) is 0 Å². The number of hydrogen-bond donors (Lipinski definition) is 1. The van der Waals surface area contributed by atoms with Gasteiger partial charge < -0.3 is 14.8 Å². The summed E-state index contributed by atoms with van der Waals surface area (Å²) in [5, 5.41) is 8.29. The van der Waals surface area contributed by atoms with Gasteiger partial charge in [0, 0.05) is 16.3 Å². The van der Waals surface area contributed by atoms with Gasteiger partial charge in [0.25, 0.3) is 0 Å². The number of rotatable bonds is 8. The number of halogens is 1. The van der Waals surface area contributed by atoms with E-state index in [1.165, 1.54) is 6.33 Å². The van der Waals surface area contributed by atoms with Crippen LogP contribution in [0.3, 0.4) is 0 Å². The Labute approximate surface area is 192 Å². The molecule has 1 aliphatic heterocycles. The number of nitrogens with zero attached hydrogens (tertiary/aromatic N) is 3. The molecule has 0 unspecified atom stereocenters. The highest BCUT2D eigenvalue weighted by molar-refractivity contribution is 6.31. The lowest BCUT2D eigenvalue weighted by molar-refractivity contribution is -0.139. The molecule has 7 nitrogen and oxygen atoms in total. The van der Waals surface area contributed by atoms with Crippen molar-refractivity contribution < 1.29 is 14.3 Å². The van der Waals surface area contributed by atoms with Gasteiger partial charge >= 0.3 is 5.97 Å². The minimum absolute atomic E-state index is 0.291. The maximum atomic E-state index is 13.0. The maximum Gasteiger partial charge on any atom is 0.338 e. The Morgan fingerprint density at radius 2 is 2.03 bits per heavy atom. The number of nitrogens with one attached hydrogen (secondary N) is 1. The van der Waals surface area contributed by atoms with Crippen LogP contribution in [0.15, 0.2) is 66.1 Å². The largest absolute Gasteiger partial charge is 0.489 e. The van der Waals surface area contributed by atoms with Crippen molar-refractivity contribution in [1.82, 2.24) is 14.8 Å². The monoisotopic (exact) mass is 452 g/mol. The molecule has 1 atom stereocenters. The van der Waals surface area contributed by atoms with Crippen molar-refractivity contribution in [2.45, 2.75) is 39.3 Å². The number of ether oxygens (including phenoxy) is 2. The van der Waals surface area contributed by atoms with Crippen LogP contribution in [0.4, 0.5) is 5.95 Å². The highest BCUT2D eigenvalue weighted by Gasteiger charge is 2.35. The van der Waals surface area contributed by atoms with Crippen LogP contribution in [0.1, 0.15) is 43.9 Å². The normalized spacial score (nSPS) is 15.2. The lowest BCUT2D eigenvalue weighted by Gasteiger charge is -2.29. The summed E-state index contributed by atoms with van der Waals surface area (Å²) in [6.45, 7) is 4.49. The van der Waals surface area contributed by atoms with Gasteiger partial charge in [-0.2, -0.15) is 10.1 Å². The molecule has 8 heteroatoms. The van der Waals surface area contributed by atoms with Gasteiger partial charge in [-0.25, -0.2) is 9.48 Å². The molecule has 166 valence electrons. The maximum absolute atomic E-state index is 13.0. The van der Waals surface area contributed by atoms with Gasteiger partial charge in [-0.1, -0.05) is 55.3 Å². The van der Waals surface area contributed by atoms with E-state index in [0.29, 0.717) is 41.9 Å². The van der Waals surface area contributed by atoms with Crippen molar-refractivity contribution in [3.8, 4) is 5.75 Å². The second-order valence-corrected chi connectivity index (χ2v) is 7.78. The van der Waals surface area contributed by atoms with Crippen LogP contribution < -0.4 is 10.1 Å². The summed E-state index contributed by atoms with van der Waals surface area (Å²) in [5.74, 6) is 0.897. The summed E-state index contributed by atoms with van der Waals surface area (Å²) in [6, 6.07) is 14.8. The van der Waals surface area contributed by atoms with Gasteiger partial charge in [-0.15, -0.1) is 0 Å². The standard InChI is InChI=1S/C24H25ClN4O3/c1-3-8-20-21(23(30)31-4-2)22(29-24(28-20)26-15-27-29)16-10-7-11-18(13-16)32-14-17-9-5-6-12-19(17)25/h5-7,9-13,15,22H,3-4,8,14H2,1-2H3,(H,26,27,28)/t22-/m1/s1. The number of allylic oxidation sites excluding steroid dienone is 1. The van der Waals surface area contributed by atoms with Crippen LogP contribution >= 0.6 is 11.6 Å². The van der Waals surface area contributed by atoms with E-state index in [0.717, 1.165) is 23.2 Å². The Bertz CT molecular complexity index is 1140. The van der Waals surface area contributed by atoms with E-state index in [1.807, 2.05) is 48.5 Å². The number of fused-ring (bicyclic) bond motifs is 1. The first-order valence-corrected chi connectivity index (χ1v) is 11.0. The van der Waals surface area contributed by atoms with Crippen LogP contribution in [-0.4, -0.2) is 27.3 Å². The van der Waals surface area contributed by atoms with Crippen molar-refractivity contribution in [3.63, 3.8) is 0 Å². The van der Waals surface area contributed by atoms with Gasteiger partial charge in [-0.05, 0) is 37.1 Å². The first-order valence-electron chi connectivity index (χ1n) is 10.6. The molecule has 0 saturated heterocycles. The molecule has 32 heavy (non-hydrogen) atoms. The van der Waals surface area contributed by atoms with E-state index < -0.39 is 6.04 Å². The smallest absolute Gasteiger partial charge is 0.338 e. The summed E-state index contributed by atoms with van der Waals surface area (Å²) in [4.78, 5) is 17.3. The van der Waals surface area contributed by atoms with Gasteiger partial charge in [0.2, 0.25) is 5.95 Å². The highest BCUT2D eigenvalue weighted by Crippen LogP contribution is 2.37. The highest BCUT2D eigenvalue weighted by atomic mass is 35.5. The summed E-state index contributed by atoms with van der Waals surface area (Å²) < 4.78 is 13.1. The third-order valence-corrected chi connectivity index (χ3v) is 5.57.